The molecule has 0 radical (unpaired) electrons. The summed E-state index contributed by atoms with van der Waals surface area (Å²) in [6.07, 6.45) is -3.15. The maximum Gasteiger partial charge on any atom is 0.424 e. The van der Waals surface area contributed by atoms with Crippen molar-refractivity contribution in [1.82, 2.24) is 4.98 Å². The lowest BCUT2D eigenvalue weighted by Crippen LogP contribution is -2.60. The average Bonchev–Trinajstić information content (AvgIpc) is 2.70. The largest absolute Gasteiger partial charge is 0.495 e. The summed E-state index contributed by atoms with van der Waals surface area (Å²) in [6, 6.07) is 10.1. The van der Waals surface area contributed by atoms with Crippen LogP contribution in [0.25, 0.3) is 0 Å². The summed E-state index contributed by atoms with van der Waals surface area (Å²) in [5.41, 5.74) is 3.50. The molecule has 0 aliphatic carbocycles. The molecule has 0 saturated carbocycles. The first-order valence-corrected chi connectivity index (χ1v) is 9.18. The first-order valence-electron chi connectivity index (χ1n) is 9.18. The Balaban J connectivity index is 0.00000341. The van der Waals surface area contributed by atoms with Crippen LogP contribution < -0.4 is 10.5 Å². The molecule has 10 heteroatoms. The number of ketones is 1. The maximum absolute atomic E-state index is 13.3. The second-order valence-corrected chi connectivity index (χ2v) is 7.47. The van der Waals surface area contributed by atoms with Gasteiger partial charge in [0, 0.05) is 6.42 Å². The number of hydrogen-bond acceptors (Lipinski definition) is 6. The van der Waals surface area contributed by atoms with E-state index in [1.807, 2.05) is 0 Å². The predicted octanol–water partition coefficient (Wildman–Crippen LogP) is 3.86. The Morgan fingerprint density at radius 3 is 2.52 bits per heavy atom. The highest BCUT2D eigenvalue weighted by Crippen LogP contribution is 2.40. The van der Waals surface area contributed by atoms with Gasteiger partial charge < -0.3 is 15.2 Å². The molecule has 0 bridgehead atoms. The van der Waals surface area contributed by atoms with E-state index >= 15 is 0 Å². The van der Waals surface area contributed by atoms with E-state index in [9.17, 15) is 18.0 Å². The number of aliphatic imine (C=N–C) groups is 1. The first kappa shape index (κ1) is 24.6. The summed E-state index contributed by atoms with van der Waals surface area (Å²) >= 11 is 0. The van der Waals surface area contributed by atoms with Gasteiger partial charge >= 0.3 is 6.18 Å². The molecule has 1 aromatic heterocycles. The van der Waals surface area contributed by atoms with Crippen molar-refractivity contribution >= 4 is 24.0 Å². The highest BCUT2D eigenvalue weighted by molar-refractivity contribution is 5.95. The molecular formula is C21H23ClF3N3O3. The van der Waals surface area contributed by atoms with Gasteiger partial charge in [0.05, 0.1) is 19.9 Å². The van der Waals surface area contributed by atoms with Gasteiger partial charge in [-0.1, -0.05) is 24.3 Å². The van der Waals surface area contributed by atoms with Crippen molar-refractivity contribution in [1.29, 1.82) is 0 Å². The van der Waals surface area contributed by atoms with Gasteiger partial charge in [0.1, 0.15) is 22.8 Å². The number of rotatable bonds is 5. The minimum Gasteiger partial charge on any atom is -0.495 e. The minimum atomic E-state index is -4.68. The molecule has 2 atom stereocenters. The van der Waals surface area contributed by atoms with Crippen LogP contribution >= 0.6 is 12.4 Å². The van der Waals surface area contributed by atoms with Gasteiger partial charge in [-0.25, -0.2) is 4.98 Å². The van der Waals surface area contributed by atoms with Crippen molar-refractivity contribution in [3.8, 4) is 5.75 Å². The second kappa shape index (κ2) is 8.84. The minimum absolute atomic E-state index is 0. The summed E-state index contributed by atoms with van der Waals surface area (Å²) in [5.74, 6) is -0.291. The number of hydrogen-bond donors (Lipinski definition) is 1. The molecule has 168 valence electrons. The number of carbonyl (C=O) groups is 1. The van der Waals surface area contributed by atoms with E-state index in [0.29, 0.717) is 16.9 Å². The van der Waals surface area contributed by atoms with Crippen LogP contribution in [0, 0.1) is 0 Å². The number of Topliss-reactive ketones (excluding diaryl/α,β-unsaturated/α-hetero) is 1. The molecule has 0 fully saturated rings. The third kappa shape index (κ3) is 4.83. The number of methoxy groups -OCH3 is 1. The molecule has 1 aliphatic heterocycles. The highest BCUT2D eigenvalue weighted by Gasteiger charge is 2.58. The fourth-order valence-electron chi connectivity index (χ4n) is 3.10. The number of aromatic nitrogens is 1. The normalized spacial score (nSPS) is 23.5. The lowest BCUT2D eigenvalue weighted by atomic mass is 9.88. The number of halogens is 4. The molecule has 0 unspecified atom stereocenters. The Morgan fingerprint density at radius 2 is 1.97 bits per heavy atom. The molecule has 31 heavy (non-hydrogen) atoms. The number of ether oxygens (including phenoxy) is 2. The molecular weight excluding hydrogens is 435 g/mol. The van der Waals surface area contributed by atoms with Crippen molar-refractivity contribution in [2.45, 2.75) is 37.6 Å². The standard InChI is InChI=1S/C21H22F3N3O3.ClH/c1-19(12-30-20(2,18(25)27-19)21(22,23)24)14-6-4-5-13(9-14)10-17(28)16-8-7-15(29-3)11-26-16;/h4-9,11H,10,12H2,1-3H3,(H2,25,27);1H/t19-,20+;/m0./s1. The van der Waals surface area contributed by atoms with Crippen LogP contribution in [0.5, 0.6) is 5.75 Å². The lowest BCUT2D eigenvalue weighted by molar-refractivity contribution is -0.249. The molecule has 0 amide bonds. The number of pyridine rings is 1. The number of nitrogens with two attached hydrogens (primary N) is 1. The first-order chi connectivity index (χ1) is 14.0. The number of amidine groups is 1. The van der Waals surface area contributed by atoms with Crippen LogP contribution in [0.2, 0.25) is 0 Å². The van der Waals surface area contributed by atoms with Crippen molar-refractivity contribution in [2.24, 2.45) is 10.7 Å². The van der Waals surface area contributed by atoms with Gasteiger partial charge in [-0.2, -0.15) is 13.2 Å². The Morgan fingerprint density at radius 1 is 1.26 bits per heavy atom. The fraction of sp³-hybridized carbons (Fsp3) is 0.381. The predicted molar refractivity (Wildman–Crippen MR) is 112 cm³/mol. The molecule has 2 heterocycles. The van der Waals surface area contributed by atoms with Gasteiger partial charge in [-0.05, 0) is 37.1 Å². The third-order valence-corrected chi connectivity index (χ3v) is 5.21. The van der Waals surface area contributed by atoms with E-state index in [1.165, 1.54) is 13.3 Å². The van der Waals surface area contributed by atoms with Gasteiger partial charge in [-0.15, -0.1) is 12.4 Å². The SMILES string of the molecule is COc1ccc(C(=O)Cc2cccc([C@]3(C)CO[C@@](C)(C(F)(F)F)C(N)=N3)c2)nc1.Cl. The van der Waals surface area contributed by atoms with Gasteiger partial charge in [0.15, 0.2) is 5.78 Å². The fourth-order valence-corrected chi connectivity index (χ4v) is 3.10. The second-order valence-electron chi connectivity index (χ2n) is 7.47. The monoisotopic (exact) mass is 457 g/mol. The summed E-state index contributed by atoms with van der Waals surface area (Å²) < 4.78 is 50.1. The van der Waals surface area contributed by atoms with Gasteiger partial charge in [-0.3, -0.25) is 9.79 Å². The zero-order valence-electron chi connectivity index (χ0n) is 17.2. The summed E-state index contributed by atoms with van der Waals surface area (Å²) in [7, 11) is 1.51. The van der Waals surface area contributed by atoms with Crippen molar-refractivity contribution in [3.05, 3.63) is 59.4 Å². The summed E-state index contributed by atoms with van der Waals surface area (Å²) in [6.45, 7) is 2.20. The summed E-state index contributed by atoms with van der Waals surface area (Å²) in [5, 5.41) is 0. The quantitative estimate of drug-likeness (QED) is 0.689. The third-order valence-electron chi connectivity index (χ3n) is 5.21. The Kier molecular flexibility index (Phi) is 7.02. The van der Waals surface area contributed by atoms with Gasteiger partial charge in [0.25, 0.3) is 0 Å². The molecule has 0 spiro atoms. The highest BCUT2D eigenvalue weighted by atomic mass is 35.5. The van der Waals surface area contributed by atoms with Crippen LogP contribution in [0.3, 0.4) is 0 Å². The zero-order valence-corrected chi connectivity index (χ0v) is 18.0. The molecule has 2 aromatic rings. The van der Waals surface area contributed by atoms with Crippen LogP contribution in [0.1, 0.15) is 35.5 Å². The molecule has 2 N–H and O–H groups in total. The van der Waals surface area contributed by atoms with E-state index in [-0.39, 0.29) is 36.9 Å². The van der Waals surface area contributed by atoms with Crippen LogP contribution in [0.4, 0.5) is 13.2 Å². The number of carbonyl (C=O) groups excluding carboxylic acids is 1. The topological polar surface area (TPSA) is 86.8 Å². The van der Waals surface area contributed by atoms with Crippen LogP contribution in [0.15, 0.2) is 47.6 Å². The zero-order chi connectivity index (χ0) is 22.2. The van der Waals surface area contributed by atoms with E-state index in [1.54, 1.807) is 43.3 Å². The molecule has 0 saturated heterocycles. The van der Waals surface area contributed by atoms with Crippen molar-refractivity contribution in [3.63, 3.8) is 0 Å². The Bertz CT molecular complexity index is 982. The molecule has 3 rings (SSSR count). The smallest absolute Gasteiger partial charge is 0.424 e. The lowest BCUT2D eigenvalue weighted by Gasteiger charge is -2.41. The van der Waals surface area contributed by atoms with Gasteiger partial charge in [0.2, 0.25) is 5.60 Å². The van der Waals surface area contributed by atoms with E-state index in [0.717, 1.165) is 6.92 Å². The van der Waals surface area contributed by atoms with Crippen LogP contribution in [-0.2, 0) is 16.7 Å². The molecule has 6 nitrogen and oxygen atoms in total. The maximum atomic E-state index is 13.3. The number of alkyl halides is 3. The Hall–Kier alpha value is -2.65. The van der Waals surface area contributed by atoms with E-state index < -0.39 is 23.2 Å². The van der Waals surface area contributed by atoms with Crippen molar-refractivity contribution in [2.75, 3.05) is 13.7 Å². The molecule has 1 aliphatic rings. The van der Waals surface area contributed by atoms with E-state index in [2.05, 4.69) is 9.98 Å². The Labute approximate surface area is 184 Å². The average molecular weight is 458 g/mol. The van der Waals surface area contributed by atoms with Crippen molar-refractivity contribution < 1.29 is 27.4 Å². The van der Waals surface area contributed by atoms with Crippen LogP contribution in [-0.4, -0.2) is 42.1 Å². The number of nitrogens with zero attached hydrogens (tertiary/aromatic N) is 2. The number of benzene rings is 1. The summed E-state index contributed by atoms with van der Waals surface area (Å²) in [4.78, 5) is 20.7. The van der Waals surface area contributed by atoms with E-state index in [4.69, 9.17) is 15.2 Å². The molecule has 1 aromatic carbocycles.